The standard InChI is InChI=1S/C23H22N4O6S/c1-33-19-8-7-16(13-18(19)27(31)32)14-20-22(29)26(23(30)34-20)15-21(28)25-11-9-24(10-12-25)17-5-3-2-4-6-17/h2-8,13-14H,9-12,15H2,1H3/b20-14+. The molecule has 10 nitrogen and oxygen atoms in total. The molecule has 4 rings (SSSR count). The summed E-state index contributed by atoms with van der Waals surface area (Å²) in [6.07, 6.45) is 1.40. The highest BCUT2D eigenvalue weighted by molar-refractivity contribution is 8.18. The number of rotatable bonds is 6. The second kappa shape index (κ2) is 9.96. The van der Waals surface area contributed by atoms with Crippen LogP contribution in [-0.2, 0) is 9.59 Å². The lowest BCUT2D eigenvalue weighted by Crippen LogP contribution is -2.51. The van der Waals surface area contributed by atoms with Crippen LogP contribution in [0.15, 0.2) is 53.4 Å². The lowest BCUT2D eigenvalue weighted by Gasteiger charge is -2.36. The van der Waals surface area contributed by atoms with Crippen LogP contribution in [0, 0.1) is 10.1 Å². The fraction of sp³-hybridized carbons (Fsp3) is 0.261. The molecule has 2 aromatic carbocycles. The molecule has 2 aliphatic heterocycles. The van der Waals surface area contributed by atoms with Gasteiger partial charge in [-0.1, -0.05) is 24.3 Å². The van der Waals surface area contributed by atoms with Crippen LogP contribution in [0.4, 0.5) is 16.2 Å². The number of ether oxygens (including phenoxy) is 1. The maximum Gasteiger partial charge on any atom is 0.311 e. The zero-order valence-electron chi connectivity index (χ0n) is 18.4. The molecule has 176 valence electrons. The number of carbonyl (C=O) groups excluding carboxylic acids is 3. The number of nitro benzene ring substituents is 1. The molecule has 0 bridgehead atoms. The molecule has 3 amide bonds. The first-order chi connectivity index (χ1) is 16.4. The van der Waals surface area contributed by atoms with E-state index in [2.05, 4.69) is 4.90 Å². The van der Waals surface area contributed by atoms with E-state index >= 15 is 0 Å². The fourth-order valence-corrected chi connectivity index (χ4v) is 4.65. The Kier molecular flexibility index (Phi) is 6.82. The predicted molar refractivity (Wildman–Crippen MR) is 128 cm³/mol. The number of benzene rings is 2. The normalized spacial score (nSPS) is 17.4. The van der Waals surface area contributed by atoms with E-state index in [1.54, 1.807) is 11.0 Å². The van der Waals surface area contributed by atoms with Gasteiger partial charge in [0.15, 0.2) is 5.75 Å². The highest BCUT2D eigenvalue weighted by Crippen LogP contribution is 2.34. The molecular weight excluding hydrogens is 460 g/mol. The molecule has 0 aliphatic carbocycles. The van der Waals surface area contributed by atoms with Crippen LogP contribution >= 0.6 is 11.8 Å². The number of methoxy groups -OCH3 is 1. The summed E-state index contributed by atoms with van der Waals surface area (Å²) in [5, 5.41) is 10.7. The molecule has 0 N–H and O–H groups in total. The number of carbonyl (C=O) groups is 3. The van der Waals surface area contributed by atoms with Gasteiger partial charge in [-0.25, -0.2) is 0 Å². The number of imide groups is 1. The number of hydrogen-bond acceptors (Lipinski definition) is 8. The zero-order chi connectivity index (χ0) is 24.2. The quantitative estimate of drug-likeness (QED) is 0.351. The van der Waals surface area contributed by atoms with Crippen molar-refractivity contribution in [3.05, 3.63) is 69.1 Å². The van der Waals surface area contributed by atoms with Gasteiger partial charge in [-0.3, -0.25) is 29.4 Å². The largest absolute Gasteiger partial charge is 0.490 e. The van der Waals surface area contributed by atoms with E-state index in [4.69, 9.17) is 4.74 Å². The van der Waals surface area contributed by atoms with Gasteiger partial charge in [-0.15, -0.1) is 0 Å². The average molecular weight is 483 g/mol. The number of thioether (sulfide) groups is 1. The Bertz CT molecular complexity index is 1160. The van der Waals surface area contributed by atoms with Gasteiger partial charge in [-0.05, 0) is 41.6 Å². The SMILES string of the molecule is COc1ccc(/C=C2/SC(=O)N(CC(=O)N3CCN(c4ccccc4)CC3)C2=O)cc1[N+](=O)[O-]. The summed E-state index contributed by atoms with van der Waals surface area (Å²) in [6.45, 7) is 1.97. The molecule has 0 spiro atoms. The van der Waals surface area contributed by atoms with Crippen molar-refractivity contribution in [1.82, 2.24) is 9.80 Å². The van der Waals surface area contributed by atoms with Gasteiger partial charge in [0.25, 0.3) is 11.1 Å². The van der Waals surface area contributed by atoms with Gasteiger partial charge in [0.1, 0.15) is 6.54 Å². The molecule has 34 heavy (non-hydrogen) atoms. The van der Waals surface area contributed by atoms with Crippen LogP contribution in [0.1, 0.15) is 5.56 Å². The second-order valence-corrected chi connectivity index (χ2v) is 8.65. The summed E-state index contributed by atoms with van der Waals surface area (Å²) < 4.78 is 4.98. The van der Waals surface area contributed by atoms with E-state index in [0.717, 1.165) is 10.6 Å². The van der Waals surface area contributed by atoms with Gasteiger partial charge >= 0.3 is 5.69 Å². The first kappa shape index (κ1) is 23.3. The lowest BCUT2D eigenvalue weighted by atomic mass is 10.1. The van der Waals surface area contributed by atoms with Crippen molar-refractivity contribution in [2.75, 3.05) is 44.7 Å². The number of anilines is 1. The molecule has 2 heterocycles. The molecule has 0 unspecified atom stereocenters. The first-order valence-electron chi connectivity index (χ1n) is 10.5. The van der Waals surface area contributed by atoms with Crippen molar-refractivity contribution in [3.8, 4) is 5.75 Å². The van der Waals surface area contributed by atoms with E-state index in [1.165, 1.54) is 25.3 Å². The van der Waals surface area contributed by atoms with Gasteiger partial charge in [0, 0.05) is 37.9 Å². The van der Waals surface area contributed by atoms with Crippen LogP contribution in [0.2, 0.25) is 0 Å². The van der Waals surface area contributed by atoms with Gasteiger partial charge in [-0.2, -0.15) is 0 Å². The number of hydrogen-bond donors (Lipinski definition) is 0. The second-order valence-electron chi connectivity index (χ2n) is 7.66. The molecule has 11 heteroatoms. The highest BCUT2D eigenvalue weighted by atomic mass is 32.2. The molecular formula is C23H22N4O6S. The van der Waals surface area contributed by atoms with Gasteiger partial charge in [0.05, 0.1) is 16.9 Å². The minimum absolute atomic E-state index is 0.0909. The minimum atomic E-state index is -0.593. The maximum atomic E-state index is 12.8. The third kappa shape index (κ3) is 4.88. The van der Waals surface area contributed by atoms with Crippen molar-refractivity contribution in [2.24, 2.45) is 0 Å². The minimum Gasteiger partial charge on any atom is -0.490 e. The third-order valence-electron chi connectivity index (χ3n) is 5.62. The summed E-state index contributed by atoms with van der Waals surface area (Å²) in [7, 11) is 1.33. The van der Waals surface area contributed by atoms with E-state index in [1.807, 2.05) is 30.3 Å². The van der Waals surface area contributed by atoms with Crippen LogP contribution in [0.25, 0.3) is 6.08 Å². The smallest absolute Gasteiger partial charge is 0.311 e. The Morgan fingerprint density at radius 3 is 2.47 bits per heavy atom. The highest BCUT2D eigenvalue weighted by Gasteiger charge is 2.37. The number of nitrogens with zero attached hydrogens (tertiary/aromatic N) is 4. The maximum absolute atomic E-state index is 12.8. The molecule has 2 fully saturated rings. The van der Waals surface area contributed by atoms with E-state index in [-0.39, 0.29) is 28.8 Å². The summed E-state index contributed by atoms with van der Waals surface area (Å²) in [4.78, 5) is 53.5. The van der Waals surface area contributed by atoms with Gasteiger partial charge in [0.2, 0.25) is 5.91 Å². The number of amides is 3. The Morgan fingerprint density at radius 1 is 1.12 bits per heavy atom. The molecule has 0 radical (unpaired) electrons. The Balaban J connectivity index is 1.40. The summed E-state index contributed by atoms with van der Waals surface area (Å²) in [5.74, 6) is -0.797. The summed E-state index contributed by atoms with van der Waals surface area (Å²) in [6, 6.07) is 14.1. The molecule has 2 saturated heterocycles. The molecule has 0 aromatic heterocycles. The van der Waals surface area contributed by atoms with Crippen molar-refractivity contribution >= 4 is 46.3 Å². The fourth-order valence-electron chi connectivity index (χ4n) is 3.82. The molecule has 2 aliphatic rings. The van der Waals surface area contributed by atoms with E-state index < -0.39 is 16.1 Å². The Hall–Kier alpha value is -3.86. The van der Waals surface area contributed by atoms with Gasteiger partial charge < -0.3 is 14.5 Å². The van der Waals surface area contributed by atoms with Crippen molar-refractivity contribution in [1.29, 1.82) is 0 Å². The Labute approximate surface area is 199 Å². The van der Waals surface area contributed by atoms with Crippen molar-refractivity contribution in [3.63, 3.8) is 0 Å². The zero-order valence-corrected chi connectivity index (χ0v) is 19.2. The molecule has 0 atom stereocenters. The number of piperazine rings is 1. The number of para-hydroxylation sites is 1. The first-order valence-corrected chi connectivity index (χ1v) is 11.3. The monoisotopic (exact) mass is 482 g/mol. The van der Waals surface area contributed by atoms with Crippen LogP contribution in [0.3, 0.4) is 0 Å². The van der Waals surface area contributed by atoms with E-state index in [0.29, 0.717) is 43.5 Å². The van der Waals surface area contributed by atoms with Crippen LogP contribution in [-0.4, -0.2) is 71.6 Å². The lowest BCUT2D eigenvalue weighted by molar-refractivity contribution is -0.385. The molecule has 0 saturated carbocycles. The third-order valence-corrected chi connectivity index (χ3v) is 6.53. The van der Waals surface area contributed by atoms with Crippen LogP contribution in [0.5, 0.6) is 5.75 Å². The van der Waals surface area contributed by atoms with Crippen LogP contribution < -0.4 is 9.64 Å². The van der Waals surface area contributed by atoms with Crippen molar-refractivity contribution < 1.29 is 24.0 Å². The topological polar surface area (TPSA) is 113 Å². The Morgan fingerprint density at radius 2 is 1.82 bits per heavy atom. The summed E-state index contributed by atoms with van der Waals surface area (Å²) >= 11 is 0.706. The molecule has 2 aromatic rings. The average Bonchev–Trinajstić information content (AvgIpc) is 3.11. The predicted octanol–water partition coefficient (Wildman–Crippen LogP) is 2.99. The number of nitro groups is 1. The summed E-state index contributed by atoms with van der Waals surface area (Å²) in [5.41, 5.74) is 1.21. The van der Waals surface area contributed by atoms with Crippen molar-refractivity contribution in [2.45, 2.75) is 0 Å². The van der Waals surface area contributed by atoms with E-state index in [9.17, 15) is 24.5 Å².